The lowest BCUT2D eigenvalue weighted by atomic mass is 10.3. The fourth-order valence-corrected chi connectivity index (χ4v) is 4.03. The Hall–Kier alpha value is -3.99. The van der Waals surface area contributed by atoms with Crippen LogP contribution in [0.25, 0.3) is 27.9 Å². The second kappa shape index (κ2) is 7.85. The molecular formula is C22H22FN9O. The molecule has 0 spiro atoms. The fourth-order valence-electron chi connectivity index (χ4n) is 4.03. The number of nitrogens with one attached hydrogen (secondary N) is 2. The van der Waals surface area contributed by atoms with Crippen LogP contribution in [0.3, 0.4) is 0 Å². The molecule has 11 heteroatoms. The molecule has 0 bridgehead atoms. The highest BCUT2D eigenvalue weighted by Gasteiger charge is 2.21. The molecule has 10 nitrogen and oxygen atoms in total. The Kier molecular flexibility index (Phi) is 4.68. The van der Waals surface area contributed by atoms with Crippen LogP contribution in [0.1, 0.15) is 5.82 Å². The van der Waals surface area contributed by atoms with Gasteiger partial charge in [0, 0.05) is 38.3 Å². The lowest BCUT2D eigenvalue weighted by Gasteiger charge is -2.32. The topological polar surface area (TPSA) is 104 Å². The largest absolute Gasteiger partial charge is 0.470 e. The van der Waals surface area contributed by atoms with Gasteiger partial charge in [0.1, 0.15) is 24.2 Å². The minimum Gasteiger partial charge on any atom is -0.470 e. The minimum atomic E-state index is -0.312. The quantitative estimate of drug-likeness (QED) is 0.424. The van der Waals surface area contributed by atoms with Crippen LogP contribution < -0.4 is 10.2 Å². The number of piperazine rings is 1. The summed E-state index contributed by atoms with van der Waals surface area (Å²) in [6, 6.07) is 6.37. The molecule has 0 amide bonds. The average molecular weight is 447 g/mol. The summed E-state index contributed by atoms with van der Waals surface area (Å²) in [6.45, 7) is 3.96. The van der Waals surface area contributed by atoms with E-state index in [0.717, 1.165) is 37.4 Å². The van der Waals surface area contributed by atoms with Gasteiger partial charge in [-0.05, 0) is 19.2 Å². The molecule has 1 aliphatic rings. The Labute approximate surface area is 188 Å². The van der Waals surface area contributed by atoms with E-state index in [1.165, 1.54) is 12.1 Å². The van der Waals surface area contributed by atoms with Crippen LogP contribution in [-0.4, -0.2) is 67.6 Å². The van der Waals surface area contributed by atoms with Gasteiger partial charge in [-0.25, -0.2) is 14.4 Å². The van der Waals surface area contributed by atoms with E-state index in [2.05, 4.69) is 37.1 Å². The molecule has 168 valence electrons. The third-order valence-corrected chi connectivity index (χ3v) is 5.87. The molecule has 1 aromatic carbocycles. The summed E-state index contributed by atoms with van der Waals surface area (Å²) in [7, 11) is 2.11. The molecule has 5 heterocycles. The van der Waals surface area contributed by atoms with Gasteiger partial charge in [-0.2, -0.15) is 9.97 Å². The van der Waals surface area contributed by atoms with Crippen molar-refractivity contribution >= 4 is 34.0 Å². The van der Waals surface area contributed by atoms with Gasteiger partial charge in [0.05, 0.1) is 29.5 Å². The number of benzene rings is 1. The summed E-state index contributed by atoms with van der Waals surface area (Å²) >= 11 is 0. The highest BCUT2D eigenvalue weighted by Crippen LogP contribution is 2.26. The van der Waals surface area contributed by atoms with Crippen molar-refractivity contribution in [2.24, 2.45) is 0 Å². The molecule has 0 atom stereocenters. The maximum Gasteiger partial charge on any atom is 0.229 e. The third-order valence-electron chi connectivity index (χ3n) is 5.87. The SMILES string of the molecule is CN1CCN(c2nc(NCc3nc4cc(F)ccc4[nH]3)c3ncn(-c4ccoc4)c3n2)CC1. The van der Waals surface area contributed by atoms with E-state index in [4.69, 9.17) is 14.4 Å². The Morgan fingerprint density at radius 3 is 2.82 bits per heavy atom. The first-order valence-electron chi connectivity index (χ1n) is 10.7. The van der Waals surface area contributed by atoms with Gasteiger partial charge in [-0.15, -0.1) is 0 Å². The first-order valence-corrected chi connectivity index (χ1v) is 10.7. The van der Waals surface area contributed by atoms with E-state index in [1.54, 1.807) is 24.9 Å². The Bertz CT molecular complexity index is 1420. The molecule has 1 fully saturated rings. The molecule has 0 aliphatic carbocycles. The summed E-state index contributed by atoms with van der Waals surface area (Å²) in [5, 5.41) is 3.35. The minimum absolute atomic E-state index is 0.312. The molecule has 2 N–H and O–H groups in total. The Morgan fingerprint density at radius 2 is 2.00 bits per heavy atom. The van der Waals surface area contributed by atoms with Crippen LogP contribution in [0.4, 0.5) is 16.2 Å². The number of aromatic amines is 1. The number of nitrogens with zero attached hydrogens (tertiary/aromatic N) is 7. The van der Waals surface area contributed by atoms with Crippen molar-refractivity contribution in [3.63, 3.8) is 0 Å². The molecule has 5 aromatic rings. The fraction of sp³-hybridized carbons (Fsp3) is 0.273. The number of H-pyrrole nitrogens is 1. The highest BCUT2D eigenvalue weighted by atomic mass is 19.1. The number of hydrogen-bond donors (Lipinski definition) is 2. The predicted molar refractivity (Wildman–Crippen MR) is 122 cm³/mol. The van der Waals surface area contributed by atoms with Crippen molar-refractivity contribution in [1.29, 1.82) is 0 Å². The lowest BCUT2D eigenvalue weighted by molar-refractivity contribution is 0.311. The molecular weight excluding hydrogens is 425 g/mol. The van der Waals surface area contributed by atoms with Crippen LogP contribution in [-0.2, 0) is 6.54 Å². The Morgan fingerprint density at radius 1 is 1.12 bits per heavy atom. The maximum atomic E-state index is 13.5. The van der Waals surface area contributed by atoms with Gasteiger partial charge in [-0.1, -0.05) is 0 Å². The zero-order valence-corrected chi connectivity index (χ0v) is 18.0. The molecule has 4 aromatic heterocycles. The van der Waals surface area contributed by atoms with E-state index in [-0.39, 0.29) is 5.82 Å². The van der Waals surface area contributed by atoms with Crippen molar-refractivity contribution in [2.45, 2.75) is 6.54 Å². The third kappa shape index (κ3) is 3.65. The summed E-state index contributed by atoms with van der Waals surface area (Å²) in [4.78, 5) is 26.4. The van der Waals surface area contributed by atoms with Crippen LogP contribution in [0.2, 0.25) is 0 Å². The van der Waals surface area contributed by atoms with Gasteiger partial charge in [-0.3, -0.25) is 4.57 Å². The number of imidazole rings is 2. The highest BCUT2D eigenvalue weighted by molar-refractivity contribution is 5.85. The van der Waals surface area contributed by atoms with Crippen LogP contribution in [0, 0.1) is 5.82 Å². The smallest absolute Gasteiger partial charge is 0.229 e. The molecule has 1 saturated heterocycles. The molecule has 33 heavy (non-hydrogen) atoms. The van der Waals surface area contributed by atoms with E-state index in [0.29, 0.717) is 40.8 Å². The van der Waals surface area contributed by atoms with Crippen molar-refractivity contribution in [3.8, 4) is 5.69 Å². The molecule has 6 rings (SSSR count). The van der Waals surface area contributed by atoms with Crippen molar-refractivity contribution in [2.75, 3.05) is 43.4 Å². The number of rotatable bonds is 5. The molecule has 0 unspecified atom stereocenters. The first-order chi connectivity index (χ1) is 16.1. The number of fused-ring (bicyclic) bond motifs is 2. The number of halogens is 1. The number of anilines is 2. The number of furan rings is 1. The summed E-state index contributed by atoms with van der Waals surface area (Å²) in [5.41, 5.74) is 3.54. The van der Waals surface area contributed by atoms with Gasteiger partial charge in [0.2, 0.25) is 5.95 Å². The van der Waals surface area contributed by atoms with E-state index in [1.807, 2.05) is 10.6 Å². The molecule has 0 saturated carbocycles. The maximum absolute atomic E-state index is 13.5. The van der Waals surface area contributed by atoms with Crippen molar-refractivity contribution in [3.05, 3.63) is 54.8 Å². The van der Waals surface area contributed by atoms with Gasteiger partial charge >= 0.3 is 0 Å². The average Bonchev–Trinajstić information content (AvgIpc) is 3.56. The predicted octanol–water partition coefficient (Wildman–Crippen LogP) is 2.79. The summed E-state index contributed by atoms with van der Waals surface area (Å²) in [5.74, 6) is 1.63. The van der Waals surface area contributed by atoms with Gasteiger partial charge < -0.3 is 24.5 Å². The zero-order valence-electron chi connectivity index (χ0n) is 18.0. The monoisotopic (exact) mass is 447 g/mol. The summed E-state index contributed by atoms with van der Waals surface area (Å²) < 4.78 is 20.7. The van der Waals surface area contributed by atoms with E-state index < -0.39 is 0 Å². The Balaban J connectivity index is 1.37. The second-order valence-electron chi connectivity index (χ2n) is 8.13. The standard InChI is InChI=1S/C22H22FN9O/c1-30-5-7-31(8-6-30)22-28-20(19-21(29-22)32(13-25-19)15-4-9-33-12-15)24-11-18-26-16-3-2-14(23)10-17(16)27-18/h2-4,9-10,12-13H,5-8,11H2,1H3,(H,26,27)(H,24,28,29). The zero-order chi connectivity index (χ0) is 22.4. The number of aromatic nitrogens is 6. The number of likely N-dealkylation sites (N-methyl/N-ethyl adjacent to an activating group) is 1. The molecule has 0 radical (unpaired) electrons. The first kappa shape index (κ1) is 19.7. The van der Waals surface area contributed by atoms with Crippen LogP contribution >= 0.6 is 0 Å². The normalized spacial score (nSPS) is 15.0. The van der Waals surface area contributed by atoms with Crippen LogP contribution in [0.5, 0.6) is 0 Å². The lowest BCUT2D eigenvalue weighted by Crippen LogP contribution is -2.45. The van der Waals surface area contributed by atoms with Crippen LogP contribution in [0.15, 0.2) is 47.5 Å². The second-order valence-corrected chi connectivity index (χ2v) is 8.13. The van der Waals surface area contributed by atoms with Gasteiger partial charge in [0.25, 0.3) is 0 Å². The molecule has 1 aliphatic heterocycles. The van der Waals surface area contributed by atoms with E-state index >= 15 is 0 Å². The van der Waals surface area contributed by atoms with E-state index in [9.17, 15) is 4.39 Å². The summed E-state index contributed by atoms with van der Waals surface area (Å²) in [6.07, 6.45) is 4.99. The van der Waals surface area contributed by atoms with Crippen molar-refractivity contribution < 1.29 is 8.81 Å². The number of hydrogen-bond acceptors (Lipinski definition) is 8. The van der Waals surface area contributed by atoms with Gasteiger partial charge in [0.15, 0.2) is 17.0 Å². The van der Waals surface area contributed by atoms with Crippen molar-refractivity contribution in [1.82, 2.24) is 34.4 Å².